The maximum absolute atomic E-state index is 8.88. The summed E-state index contributed by atoms with van der Waals surface area (Å²) in [4.78, 5) is 0. The zero-order valence-electron chi connectivity index (χ0n) is 11.4. The van der Waals surface area contributed by atoms with Crippen LogP contribution in [0, 0.1) is 18.3 Å². The van der Waals surface area contributed by atoms with Gasteiger partial charge in [-0.15, -0.1) is 0 Å². The predicted octanol–water partition coefficient (Wildman–Crippen LogP) is 3.72. The minimum atomic E-state index is 0.298. The van der Waals surface area contributed by atoms with Crippen LogP contribution in [-0.2, 0) is 6.54 Å². The Hall–Kier alpha value is -2.11. The van der Waals surface area contributed by atoms with Crippen LogP contribution in [0.2, 0.25) is 0 Å². The van der Waals surface area contributed by atoms with E-state index in [1.54, 1.807) is 0 Å². The van der Waals surface area contributed by atoms with E-state index in [0.717, 1.165) is 12.1 Å². The molecule has 0 saturated heterocycles. The summed E-state index contributed by atoms with van der Waals surface area (Å²) in [5, 5.41) is 12.4. The fourth-order valence-electron chi connectivity index (χ4n) is 2.20. The average Bonchev–Trinajstić information content (AvgIpc) is 2.45. The molecule has 0 saturated carbocycles. The molecule has 1 atom stereocenters. The van der Waals surface area contributed by atoms with Crippen LogP contribution in [0.5, 0.6) is 0 Å². The van der Waals surface area contributed by atoms with Gasteiger partial charge in [-0.25, -0.2) is 0 Å². The smallest absolute Gasteiger partial charge is 0.0991 e. The Morgan fingerprint density at radius 1 is 1.16 bits per heavy atom. The third kappa shape index (κ3) is 3.43. The van der Waals surface area contributed by atoms with E-state index in [9.17, 15) is 0 Å². The molecule has 0 heterocycles. The van der Waals surface area contributed by atoms with Gasteiger partial charge in [0.2, 0.25) is 0 Å². The molecule has 0 bridgehead atoms. The monoisotopic (exact) mass is 250 g/mol. The van der Waals surface area contributed by atoms with Gasteiger partial charge in [0.05, 0.1) is 11.6 Å². The van der Waals surface area contributed by atoms with Crippen molar-refractivity contribution in [2.24, 2.45) is 0 Å². The lowest BCUT2D eigenvalue weighted by molar-refractivity contribution is 0.572. The Balaban J connectivity index is 2.03. The molecule has 0 fully saturated rings. The fraction of sp³-hybridized carbons (Fsp3) is 0.235. The van der Waals surface area contributed by atoms with Crippen LogP contribution in [-0.4, -0.2) is 0 Å². The molecular formula is C17H18N2. The molecule has 0 spiro atoms. The highest BCUT2D eigenvalue weighted by molar-refractivity contribution is 5.33. The van der Waals surface area contributed by atoms with Gasteiger partial charge in [-0.2, -0.15) is 5.26 Å². The van der Waals surface area contributed by atoms with E-state index < -0.39 is 0 Å². The van der Waals surface area contributed by atoms with Gasteiger partial charge in [0.15, 0.2) is 0 Å². The zero-order valence-corrected chi connectivity index (χ0v) is 11.4. The quantitative estimate of drug-likeness (QED) is 0.897. The van der Waals surface area contributed by atoms with Crippen molar-refractivity contribution in [1.29, 1.82) is 5.26 Å². The standard InChI is InChI=1S/C17H18N2/c1-13-6-3-4-9-17(13)14(2)19-12-16-8-5-7-15(10-16)11-18/h3-10,14,19H,12H2,1-2H3/t14-/m1/s1. The molecule has 96 valence electrons. The minimum absolute atomic E-state index is 0.298. The van der Waals surface area contributed by atoms with Gasteiger partial charge >= 0.3 is 0 Å². The summed E-state index contributed by atoms with van der Waals surface area (Å²) in [6, 6.07) is 18.6. The van der Waals surface area contributed by atoms with Crippen molar-refractivity contribution >= 4 is 0 Å². The molecule has 0 aliphatic heterocycles. The first-order valence-corrected chi connectivity index (χ1v) is 6.48. The van der Waals surface area contributed by atoms with Crippen molar-refractivity contribution in [2.75, 3.05) is 0 Å². The lowest BCUT2D eigenvalue weighted by Crippen LogP contribution is -2.18. The molecule has 2 nitrogen and oxygen atoms in total. The van der Waals surface area contributed by atoms with Gasteiger partial charge in [-0.3, -0.25) is 0 Å². The maximum atomic E-state index is 8.88. The molecule has 0 aromatic heterocycles. The number of aryl methyl sites for hydroxylation is 1. The van der Waals surface area contributed by atoms with Gasteiger partial charge in [-0.05, 0) is 42.7 Å². The highest BCUT2D eigenvalue weighted by atomic mass is 14.9. The maximum Gasteiger partial charge on any atom is 0.0991 e. The largest absolute Gasteiger partial charge is 0.306 e. The molecule has 2 heteroatoms. The molecule has 1 N–H and O–H groups in total. The summed E-state index contributed by atoms with van der Waals surface area (Å²) >= 11 is 0. The van der Waals surface area contributed by atoms with Crippen LogP contribution in [0.25, 0.3) is 0 Å². The molecule has 0 unspecified atom stereocenters. The summed E-state index contributed by atoms with van der Waals surface area (Å²) in [7, 11) is 0. The number of nitrogens with one attached hydrogen (secondary N) is 1. The van der Waals surface area contributed by atoms with Crippen molar-refractivity contribution in [3.63, 3.8) is 0 Å². The lowest BCUT2D eigenvalue weighted by Gasteiger charge is -2.16. The number of nitrogens with zero attached hydrogens (tertiary/aromatic N) is 1. The van der Waals surface area contributed by atoms with Gasteiger partial charge < -0.3 is 5.32 Å². The third-order valence-corrected chi connectivity index (χ3v) is 3.32. The fourth-order valence-corrected chi connectivity index (χ4v) is 2.20. The first kappa shape index (κ1) is 13.3. The summed E-state index contributed by atoms with van der Waals surface area (Å²) in [5.41, 5.74) is 4.47. The second-order valence-corrected chi connectivity index (χ2v) is 4.77. The number of hydrogen-bond donors (Lipinski definition) is 1. The molecule has 0 radical (unpaired) electrons. The summed E-state index contributed by atoms with van der Waals surface area (Å²) in [5.74, 6) is 0. The van der Waals surface area contributed by atoms with Crippen molar-refractivity contribution in [3.8, 4) is 6.07 Å². The van der Waals surface area contributed by atoms with Crippen molar-refractivity contribution in [2.45, 2.75) is 26.4 Å². The van der Waals surface area contributed by atoms with E-state index in [-0.39, 0.29) is 0 Å². The first-order valence-electron chi connectivity index (χ1n) is 6.48. The Labute approximate surface area is 114 Å². The van der Waals surface area contributed by atoms with Crippen LogP contribution < -0.4 is 5.32 Å². The minimum Gasteiger partial charge on any atom is -0.306 e. The topological polar surface area (TPSA) is 35.8 Å². The first-order chi connectivity index (χ1) is 9.20. The van der Waals surface area contributed by atoms with Gasteiger partial charge in [0.1, 0.15) is 0 Å². The molecule has 2 rings (SSSR count). The summed E-state index contributed by atoms with van der Waals surface area (Å²) in [6.07, 6.45) is 0. The number of rotatable bonds is 4. The molecule has 0 aliphatic rings. The Kier molecular flexibility index (Phi) is 4.33. The van der Waals surface area contributed by atoms with E-state index in [0.29, 0.717) is 11.6 Å². The number of hydrogen-bond acceptors (Lipinski definition) is 2. The summed E-state index contributed by atoms with van der Waals surface area (Å²) in [6.45, 7) is 5.06. The lowest BCUT2D eigenvalue weighted by atomic mass is 10.0. The van der Waals surface area contributed by atoms with Crippen LogP contribution in [0.15, 0.2) is 48.5 Å². The van der Waals surface area contributed by atoms with E-state index in [4.69, 9.17) is 5.26 Å². The molecule has 2 aromatic rings. The SMILES string of the molecule is Cc1ccccc1[C@@H](C)NCc1cccc(C#N)c1. The van der Waals surface area contributed by atoms with Crippen LogP contribution in [0.4, 0.5) is 0 Å². The third-order valence-electron chi connectivity index (χ3n) is 3.32. The number of benzene rings is 2. The van der Waals surface area contributed by atoms with Crippen molar-refractivity contribution < 1.29 is 0 Å². The van der Waals surface area contributed by atoms with E-state index >= 15 is 0 Å². The van der Waals surface area contributed by atoms with Gasteiger partial charge in [0, 0.05) is 12.6 Å². The second kappa shape index (κ2) is 6.17. The predicted molar refractivity (Wildman–Crippen MR) is 77.6 cm³/mol. The molecular weight excluding hydrogens is 232 g/mol. The second-order valence-electron chi connectivity index (χ2n) is 4.77. The van der Waals surface area contributed by atoms with E-state index in [1.807, 2.05) is 24.3 Å². The van der Waals surface area contributed by atoms with Gasteiger partial charge in [0.25, 0.3) is 0 Å². The molecule has 0 amide bonds. The van der Waals surface area contributed by atoms with E-state index in [1.165, 1.54) is 11.1 Å². The van der Waals surface area contributed by atoms with Crippen LogP contribution in [0.3, 0.4) is 0 Å². The average molecular weight is 250 g/mol. The summed E-state index contributed by atoms with van der Waals surface area (Å²) < 4.78 is 0. The zero-order chi connectivity index (χ0) is 13.7. The van der Waals surface area contributed by atoms with Crippen LogP contribution in [0.1, 0.15) is 35.2 Å². The molecule has 19 heavy (non-hydrogen) atoms. The van der Waals surface area contributed by atoms with Crippen molar-refractivity contribution in [3.05, 3.63) is 70.8 Å². The molecule has 0 aliphatic carbocycles. The normalized spacial score (nSPS) is 11.8. The highest BCUT2D eigenvalue weighted by Gasteiger charge is 2.07. The number of nitriles is 1. The Morgan fingerprint density at radius 2 is 1.95 bits per heavy atom. The van der Waals surface area contributed by atoms with Crippen LogP contribution >= 0.6 is 0 Å². The Morgan fingerprint density at radius 3 is 2.68 bits per heavy atom. The van der Waals surface area contributed by atoms with E-state index in [2.05, 4.69) is 49.5 Å². The van der Waals surface area contributed by atoms with Crippen molar-refractivity contribution in [1.82, 2.24) is 5.32 Å². The Bertz CT molecular complexity index is 596. The molecule has 2 aromatic carbocycles. The highest BCUT2D eigenvalue weighted by Crippen LogP contribution is 2.17. The van der Waals surface area contributed by atoms with Gasteiger partial charge in [-0.1, -0.05) is 36.4 Å².